The van der Waals surface area contributed by atoms with Crippen molar-refractivity contribution in [3.05, 3.63) is 65.7 Å². The predicted molar refractivity (Wildman–Crippen MR) is 110 cm³/mol. The molecule has 1 fully saturated rings. The van der Waals surface area contributed by atoms with Crippen LogP contribution in [0.2, 0.25) is 0 Å². The number of amides is 1. The number of hydrogen-bond acceptors (Lipinski definition) is 4. The normalized spacial score (nSPS) is 17.2. The first-order valence-electron chi connectivity index (χ1n) is 9.56. The molecule has 3 rings (SSSR count). The van der Waals surface area contributed by atoms with Crippen LogP contribution in [0.3, 0.4) is 0 Å². The summed E-state index contributed by atoms with van der Waals surface area (Å²) in [5.74, 6) is -0.272. The first-order chi connectivity index (χ1) is 13.4. The van der Waals surface area contributed by atoms with Gasteiger partial charge in [-0.2, -0.15) is 4.31 Å². The number of carbonyl (C=O) groups excluding carboxylic acids is 1. The Bertz CT molecular complexity index is 908. The van der Waals surface area contributed by atoms with Crippen LogP contribution in [0.1, 0.15) is 35.3 Å². The molecule has 0 saturated carbocycles. The summed E-state index contributed by atoms with van der Waals surface area (Å²) in [6, 6.07) is 15.9. The fraction of sp³-hybridized carbons (Fsp3) is 0.381. The lowest BCUT2D eigenvalue weighted by Gasteiger charge is -2.31. The van der Waals surface area contributed by atoms with Gasteiger partial charge >= 0.3 is 0 Å². The maximum atomic E-state index is 12.9. The molecule has 0 bridgehead atoms. The van der Waals surface area contributed by atoms with Gasteiger partial charge in [0.05, 0.1) is 10.9 Å². The molecule has 0 radical (unpaired) electrons. The Morgan fingerprint density at radius 3 is 2.36 bits per heavy atom. The van der Waals surface area contributed by atoms with Gasteiger partial charge in [-0.05, 0) is 37.2 Å². The van der Waals surface area contributed by atoms with E-state index < -0.39 is 10.0 Å². The van der Waals surface area contributed by atoms with Crippen LogP contribution in [-0.4, -0.2) is 56.8 Å². The van der Waals surface area contributed by atoms with Gasteiger partial charge in [0.2, 0.25) is 10.0 Å². The van der Waals surface area contributed by atoms with Crippen molar-refractivity contribution in [2.75, 3.05) is 33.2 Å². The molecule has 2 aromatic carbocycles. The Balaban J connectivity index is 1.78. The fourth-order valence-electron chi connectivity index (χ4n) is 3.32. The molecule has 1 amide bonds. The summed E-state index contributed by atoms with van der Waals surface area (Å²) in [5.41, 5.74) is 1.38. The van der Waals surface area contributed by atoms with Gasteiger partial charge in [-0.3, -0.25) is 4.79 Å². The van der Waals surface area contributed by atoms with Crippen molar-refractivity contribution in [2.45, 2.75) is 24.3 Å². The highest BCUT2D eigenvalue weighted by atomic mass is 32.2. The third-order valence-corrected chi connectivity index (χ3v) is 7.01. The van der Waals surface area contributed by atoms with Crippen molar-refractivity contribution in [1.29, 1.82) is 0 Å². The molecular weight excluding hydrogens is 374 g/mol. The molecule has 1 atom stereocenters. The van der Waals surface area contributed by atoms with Crippen LogP contribution in [0, 0.1) is 0 Å². The largest absolute Gasteiger partial charge is 0.345 e. The van der Waals surface area contributed by atoms with Gasteiger partial charge in [-0.15, -0.1) is 0 Å². The summed E-state index contributed by atoms with van der Waals surface area (Å²) in [4.78, 5) is 15.0. The second-order valence-corrected chi connectivity index (χ2v) is 9.02. The van der Waals surface area contributed by atoms with Crippen molar-refractivity contribution in [2.24, 2.45) is 0 Å². The van der Waals surface area contributed by atoms with Crippen LogP contribution in [0.25, 0.3) is 0 Å². The van der Waals surface area contributed by atoms with E-state index in [1.54, 1.807) is 18.2 Å². The van der Waals surface area contributed by atoms with E-state index in [1.807, 2.05) is 44.3 Å². The minimum absolute atomic E-state index is 0.119. The lowest BCUT2D eigenvalue weighted by molar-refractivity contribution is 0.0935. The number of carbonyl (C=O) groups is 1. The van der Waals surface area contributed by atoms with Crippen LogP contribution >= 0.6 is 0 Å². The first-order valence-corrected chi connectivity index (χ1v) is 11.0. The Hall–Kier alpha value is -2.22. The minimum atomic E-state index is -3.60. The zero-order valence-corrected chi connectivity index (χ0v) is 17.2. The van der Waals surface area contributed by atoms with E-state index in [0.717, 1.165) is 12.0 Å². The number of likely N-dealkylation sites (N-methyl/N-ethyl adjacent to an activating group) is 1. The van der Waals surface area contributed by atoms with Crippen LogP contribution in [0.5, 0.6) is 0 Å². The quantitative estimate of drug-likeness (QED) is 0.808. The Kier molecular flexibility index (Phi) is 6.49. The van der Waals surface area contributed by atoms with E-state index in [1.165, 1.54) is 10.4 Å². The molecule has 1 aliphatic heterocycles. The molecule has 7 heteroatoms. The summed E-state index contributed by atoms with van der Waals surface area (Å²) < 4.78 is 27.4. The number of piperazine rings is 1. The van der Waals surface area contributed by atoms with E-state index in [-0.39, 0.29) is 16.8 Å². The van der Waals surface area contributed by atoms with Crippen LogP contribution in [0.4, 0.5) is 0 Å². The Morgan fingerprint density at radius 1 is 1.04 bits per heavy atom. The van der Waals surface area contributed by atoms with Crippen molar-refractivity contribution in [3.8, 4) is 0 Å². The highest BCUT2D eigenvalue weighted by Gasteiger charge is 2.28. The smallest absolute Gasteiger partial charge is 0.251 e. The third kappa shape index (κ3) is 4.60. The number of benzene rings is 2. The van der Waals surface area contributed by atoms with E-state index >= 15 is 0 Å². The highest BCUT2D eigenvalue weighted by molar-refractivity contribution is 7.89. The monoisotopic (exact) mass is 401 g/mol. The molecule has 6 nitrogen and oxygen atoms in total. The van der Waals surface area contributed by atoms with Gasteiger partial charge in [-0.25, -0.2) is 8.42 Å². The zero-order valence-electron chi connectivity index (χ0n) is 16.3. The lowest BCUT2D eigenvalue weighted by atomic mass is 10.0. The lowest BCUT2D eigenvalue weighted by Crippen LogP contribution is -2.47. The Labute approximate surface area is 167 Å². The third-order valence-electron chi connectivity index (χ3n) is 5.11. The molecule has 28 heavy (non-hydrogen) atoms. The van der Waals surface area contributed by atoms with Gasteiger partial charge in [0.25, 0.3) is 5.91 Å². The molecular formula is C21H27N3O3S. The number of rotatable bonds is 6. The minimum Gasteiger partial charge on any atom is -0.345 e. The summed E-state index contributed by atoms with van der Waals surface area (Å²) in [6.45, 7) is 4.33. The van der Waals surface area contributed by atoms with Crippen molar-refractivity contribution in [1.82, 2.24) is 14.5 Å². The molecule has 0 spiro atoms. The fourth-order valence-corrected chi connectivity index (χ4v) is 4.79. The zero-order chi connectivity index (χ0) is 20.1. The molecule has 0 aliphatic carbocycles. The number of nitrogens with zero attached hydrogens (tertiary/aromatic N) is 2. The number of hydrogen-bond donors (Lipinski definition) is 1. The maximum Gasteiger partial charge on any atom is 0.251 e. The SMILES string of the molecule is CC[C@@H](NC(=O)c1cccc(S(=O)(=O)N2CCN(C)CC2)c1)c1ccccc1. The number of sulfonamides is 1. The Morgan fingerprint density at radius 2 is 1.71 bits per heavy atom. The average Bonchev–Trinajstić information content (AvgIpc) is 2.73. The predicted octanol–water partition coefficient (Wildman–Crippen LogP) is 2.50. The van der Waals surface area contributed by atoms with Crippen LogP contribution in [0.15, 0.2) is 59.5 Å². The molecule has 150 valence electrons. The molecule has 2 aromatic rings. The molecule has 1 saturated heterocycles. The van der Waals surface area contributed by atoms with Gasteiger partial charge in [0.15, 0.2) is 0 Å². The molecule has 0 unspecified atom stereocenters. The molecule has 1 aliphatic rings. The topological polar surface area (TPSA) is 69.7 Å². The van der Waals surface area contributed by atoms with Crippen molar-refractivity contribution < 1.29 is 13.2 Å². The highest BCUT2D eigenvalue weighted by Crippen LogP contribution is 2.20. The van der Waals surface area contributed by atoms with Gasteiger partial charge < -0.3 is 10.2 Å². The van der Waals surface area contributed by atoms with E-state index in [2.05, 4.69) is 10.2 Å². The maximum absolute atomic E-state index is 12.9. The summed E-state index contributed by atoms with van der Waals surface area (Å²) >= 11 is 0. The van der Waals surface area contributed by atoms with E-state index in [9.17, 15) is 13.2 Å². The van der Waals surface area contributed by atoms with Gasteiger partial charge in [0.1, 0.15) is 0 Å². The molecule has 0 aromatic heterocycles. The average molecular weight is 402 g/mol. The standard InChI is InChI=1S/C21H27N3O3S/c1-3-20(17-8-5-4-6-9-17)22-21(25)18-10-7-11-19(16-18)28(26,27)24-14-12-23(2)13-15-24/h4-11,16,20H,3,12-15H2,1-2H3,(H,22,25)/t20-/m1/s1. The van der Waals surface area contributed by atoms with Crippen LogP contribution < -0.4 is 5.32 Å². The summed E-state index contributed by atoms with van der Waals surface area (Å²) in [6.07, 6.45) is 0.745. The van der Waals surface area contributed by atoms with Gasteiger partial charge in [-0.1, -0.05) is 43.3 Å². The summed E-state index contributed by atoms with van der Waals surface area (Å²) in [5, 5.41) is 3.01. The second-order valence-electron chi connectivity index (χ2n) is 7.08. The number of nitrogens with one attached hydrogen (secondary N) is 1. The first kappa shape index (κ1) is 20.5. The van der Waals surface area contributed by atoms with Crippen LogP contribution in [-0.2, 0) is 10.0 Å². The van der Waals surface area contributed by atoms with E-state index in [4.69, 9.17) is 0 Å². The summed E-state index contributed by atoms with van der Waals surface area (Å²) in [7, 11) is -1.62. The molecule has 1 heterocycles. The van der Waals surface area contributed by atoms with Gasteiger partial charge in [0, 0.05) is 31.7 Å². The molecule has 1 N–H and O–H groups in total. The second kappa shape index (κ2) is 8.86. The van der Waals surface area contributed by atoms with Crippen molar-refractivity contribution in [3.63, 3.8) is 0 Å². The van der Waals surface area contributed by atoms with E-state index in [0.29, 0.717) is 31.7 Å². The van der Waals surface area contributed by atoms with Crippen molar-refractivity contribution >= 4 is 15.9 Å².